The molecule has 0 aliphatic carbocycles. The van der Waals surface area contributed by atoms with Crippen LogP contribution in [0.2, 0.25) is 0 Å². The minimum atomic E-state index is -0.378. The molecule has 17 heavy (non-hydrogen) atoms. The van der Waals surface area contributed by atoms with Crippen LogP contribution in [-0.4, -0.2) is 11.7 Å². The van der Waals surface area contributed by atoms with E-state index >= 15 is 0 Å². The molecular formula is C13H12FNO2. The minimum absolute atomic E-state index is 0.0665. The van der Waals surface area contributed by atoms with Gasteiger partial charge in [-0.2, -0.15) is 0 Å². The molecule has 0 radical (unpaired) electrons. The molecule has 4 heteroatoms. The molecule has 0 saturated carbocycles. The molecule has 2 rings (SSSR count). The number of carbonyl (C=O) groups excluding carboxylic acids is 2. The third-order valence-electron chi connectivity index (χ3n) is 2.69. The Kier molecular flexibility index (Phi) is 3.04. The summed E-state index contributed by atoms with van der Waals surface area (Å²) in [5.41, 5.74) is 1.03. The van der Waals surface area contributed by atoms with Gasteiger partial charge in [0.2, 0.25) is 5.91 Å². The lowest BCUT2D eigenvalue weighted by Gasteiger charge is -1.98. The van der Waals surface area contributed by atoms with Crippen LogP contribution in [0.5, 0.6) is 0 Å². The van der Waals surface area contributed by atoms with E-state index in [4.69, 9.17) is 0 Å². The van der Waals surface area contributed by atoms with E-state index < -0.39 is 0 Å². The second-order valence-corrected chi connectivity index (χ2v) is 4.14. The molecule has 1 N–H and O–H groups in total. The van der Waals surface area contributed by atoms with Crippen molar-refractivity contribution < 1.29 is 14.0 Å². The van der Waals surface area contributed by atoms with Crippen molar-refractivity contribution in [2.45, 2.75) is 13.3 Å². The largest absolute Gasteiger partial charge is 0.329 e. The molecule has 88 valence electrons. The van der Waals surface area contributed by atoms with Gasteiger partial charge in [0.25, 0.3) is 0 Å². The normalized spacial score (nSPS) is 21.6. The molecular weight excluding hydrogens is 221 g/mol. The van der Waals surface area contributed by atoms with E-state index in [1.165, 1.54) is 30.3 Å². The summed E-state index contributed by atoms with van der Waals surface area (Å²) >= 11 is 0. The first kappa shape index (κ1) is 11.5. The van der Waals surface area contributed by atoms with Gasteiger partial charge in [0.05, 0.1) is 0 Å². The van der Waals surface area contributed by atoms with Crippen molar-refractivity contribution in [2.24, 2.45) is 5.92 Å². The highest BCUT2D eigenvalue weighted by molar-refractivity contribution is 6.05. The van der Waals surface area contributed by atoms with E-state index in [1.54, 1.807) is 6.92 Å². The van der Waals surface area contributed by atoms with Crippen LogP contribution < -0.4 is 5.32 Å². The fraction of sp³-hybridized carbons (Fsp3) is 0.231. The minimum Gasteiger partial charge on any atom is -0.329 e. The molecule has 1 fully saturated rings. The average Bonchev–Trinajstić information content (AvgIpc) is 2.58. The number of ketones is 1. The zero-order chi connectivity index (χ0) is 12.4. The standard InChI is InChI=1S/C13H12FNO2/c1-8-6-11(15-13(8)17)7-12(16)9-2-4-10(14)5-3-9/h2-5,7-8H,6H2,1H3,(H,15,17)/b11-7-. The Labute approximate surface area is 98.3 Å². The molecule has 1 unspecified atom stereocenters. The van der Waals surface area contributed by atoms with Crippen molar-refractivity contribution in [3.63, 3.8) is 0 Å². The van der Waals surface area contributed by atoms with Crippen molar-refractivity contribution in [3.8, 4) is 0 Å². The predicted octanol–water partition coefficient (Wildman–Crippen LogP) is 2.05. The fourth-order valence-electron chi connectivity index (χ4n) is 1.71. The summed E-state index contributed by atoms with van der Waals surface area (Å²) < 4.78 is 12.7. The SMILES string of the molecule is CC1C/C(=C/C(=O)c2ccc(F)cc2)NC1=O. The predicted molar refractivity (Wildman–Crippen MR) is 60.7 cm³/mol. The Balaban J connectivity index is 2.14. The van der Waals surface area contributed by atoms with Crippen LogP contribution in [0.25, 0.3) is 0 Å². The van der Waals surface area contributed by atoms with Gasteiger partial charge in [0, 0.05) is 23.3 Å². The molecule has 1 heterocycles. The topological polar surface area (TPSA) is 46.2 Å². The van der Waals surface area contributed by atoms with E-state index in [2.05, 4.69) is 5.32 Å². The number of benzene rings is 1. The van der Waals surface area contributed by atoms with Gasteiger partial charge in [-0.25, -0.2) is 4.39 Å². The molecule has 1 aromatic carbocycles. The average molecular weight is 233 g/mol. The van der Waals surface area contributed by atoms with Crippen LogP contribution in [0.4, 0.5) is 4.39 Å². The maximum Gasteiger partial charge on any atom is 0.227 e. The first-order valence-electron chi connectivity index (χ1n) is 5.37. The Morgan fingerprint density at radius 1 is 1.41 bits per heavy atom. The number of amides is 1. The van der Waals surface area contributed by atoms with Crippen LogP contribution in [0, 0.1) is 11.7 Å². The lowest BCUT2D eigenvalue weighted by molar-refractivity contribution is -0.121. The van der Waals surface area contributed by atoms with Crippen LogP contribution in [-0.2, 0) is 4.79 Å². The maximum absolute atomic E-state index is 12.7. The van der Waals surface area contributed by atoms with E-state index in [0.29, 0.717) is 17.7 Å². The lowest BCUT2D eigenvalue weighted by atomic mass is 10.1. The van der Waals surface area contributed by atoms with Crippen molar-refractivity contribution in [1.29, 1.82) is 0 Å². The fourth-order valence-corrected chi connectivity index (χ4v) is 1.71. The summed E-state index contributed by atoms with van der Waals surface area (Å²) in [6.45, 7) is 1.80. The summed E-state index contributed by atoms with van der Waals surface area (Å²) in [4.78, 5) is 23.0. The van der Waals surface area contributed by atoms with Crippen LogP contribution in [0.3, 0.4) is 0 Å². The summed E-state index contributed by atoms with van der Waals surface area (Å²) in [6, 6.07) is 5.33. The first-order valence-corrected chi connectivity index (χ1v) is 5.37. The number of hydrogen-bond acceptors (Lipinski definition) is 2. The van der Waals surface area contributed by atoms with E-state index in [9.17, 15) is 14.0 Å². The summed E-state index contributed by atoms with van der Waals surface area (Å²) in [5, 5.41) is 2.64. The number of halogens is 1. The van der Waals surface area contributed by atoms with Crippen molar-refractivity contribution in [1.82, 2.24) is 5.32 Å². The second-order valence-electron chi connectivity index (χ2n) is 4.14. The van der Waals surface area contributed by atoms with Gasteiger partial charge in [-0.1, -0.05) is 6.92 Å². The third kappa shape index (κ3) is 2.58. The molecule has 3 nitrogen and oxygen atoms in total. The van der Waals surface area contributed by atoms with Gasteiger partial charge in [0.15, 0.2) is 5.78 Å². The molecule has 1 amide bonds. The number of carbonyl (C=O) groups is 2. The Bertz CT molecular complexity index is 491. The third-order valence-corrected chi connectivity index (χ3v) is 2.69. The Morgan fingerprint density at radius 3 is 2.59 bits per heavy atom. The summed E-state index contributed by atoms with van der Waals surface area (Å²) in [7, 11) is 0. The summed E-state index contributed by atoms with van der Waals surface area (Å²) in [5.74, 6) is -0.767. The molecule has 1 saturated heterocycles. The zero-order valence-electron chi connectivity index (χ0n) is 9.37. The highest BCUT2D eigenvalue weighted by Gasteiger charge is 2.23. The molecule has 0 bridgehead atoms. The van der Waals surface area contributed by atoms with Crippen LogP contribution in [0.15, 0.2) is 36.0 Å². The zero-order valence-corrected chi connectivity index (χ0v) is 9.37. The molecule has 1 aliphatic rings. The lowest BCUT2D eigenvalue weighted by Crippen LogP contribution is -2.16. The number of allylic oxidation sites excluding steroid dienone is 2. The van der Waals surface area contributed by atoms with Gasteiger partial charge in [-0.3, -0.25) is 9.59 Å². The molecule has 1 aromatic rings. The van der Waals surface area contributed by atoms with Crippen molar-refractivity contribution >= 4 is 11.7 Å². The smallest absolute Gasteiger partial charge is 0.227 e. The van der Waals surface area contributed by atoms with Crippen molar-refractivity contribution in [3.05, 3.63) is 47.4 Å². The first-order chi connectivity index (χ1) is 8.06. The van der Waals surface area contributed by atoms with Gasteiger partial charge >= 0.3 is 0 Å². The van der Waals surface area contributed by atoms with E-state index in [-0.39, 0.29) is 23.4 Å². The van der Waals surface area contributed by atoms with Crippen LogP contribution in [0.1, 0.15) is 23.7 Å². The highest BCUT2D eigenvalue weighted by atomic mass is 19.1. The molecule has 1 aliphatic heterocycles. The van der Waals surface area contributed by atoms with Crippen LogP contribution >= 0.6 is 0 Å². The maximum atomic E-state index is 12.7. The van der Waals surface area contributed by atoms with Gasteiger partial charge < -0.3 is 5.32 Å². The Morgan fingerprint density at radius 2 is 2.06 bits per heavy atom. The Hall–Kier alpha value is -1.97. The number of hydrogen-bond donors (Lipinski definition) is 1. The number of rotatable bonds is 2. The number of nitrogens with one attached hydrogen (secondary N) is 1. The van der Waals surface area contributed by atoms with Gasteiger partial charge in [0.1, 0.15) is 5.82 Å². The molecule has 1 atom stereocenters. The quantitative estimate of drug-likeness (QED) is 0.627. The second kappa shape index (κ2) is 4.49. The van der Waals surface area contributed by atoms with Gasteiger partial charge in [-0.15, -0.1) is 0 Å². The van der Waals surface area contributed by atoms with Crippen molar-refractivity contribution in [2.75, 3.05) is 0 Å². The highest BCUT2D eigenvalue weighted by Crippen LogP contribution is 2.18. The van der Waals surface area contributed by atoms with E-state index in [1.807, 2.05) is 0 Å². The molecule has 0 spiro atoms. The van der Waals surface area contributed by atoms with Gasteiger partial charge in [-0.05, 0) is 30.7 Å². The summed E-state index contributed by atoms with van der Waals surface area (Å²) in [6.07, 6.45) is 1.94. The monoisotopic (exact) mass is 233 g/mol. The molecule has 0 aromatic heterocycles. The van der Waals surface area contributed by atoms with E-state index in [0.717, 1.165) is 0 Å².